The quantitative estimate of drug-likeness (QED) is 0.185. The molecule has 0 spiro atoms. The topological polar surface area (TPSA) is 8.17 Å². The molecule has 0 unspecified atom stereocenters. The third-order valence-corrected chi connectivity index (χ3v) is 11.1. The molecule has 0 radical (unpaired) electrons. The Labute approximate surface area is 279 Å². The van der Waals surface area contributed by atoms with Gasteiger partial charge >= 0.3 is 0 Å². The molecule has 0 N–H and O–H groups in total. The molecule has 0 atom stereocenters. The van der Waals surface area contributed by atoms with Crippen molar-refractivity contribution in [3.05, 3.63) is 148 Å². The maximum atomic E-state index is 2.50. The lowest BCUT2D eigenvalue weighted by molar-refractivity contribution is 0.966. The Morgan fingerprint density at radius 1 is 0.660 bits per heavy atom. The number of hydrogen-bond acceptors (Lipinski definition) is 2. The Hall–Kier alpha value is -5.12. The Balaban J connectivity index is 1.33. The molecule has 5 aromatic carbocycles. The predicted molar refractivity (Wildman–Crippen MR) is 204 cm³/mol. The normalized spacial score (nSPS) is 14.4. The second-order valence-electron chi connectivity index (χ2n) is 12.9. The first-order chi connectivity index (χ1) is 23.2. The molecule has 2 nitrogen and oxygen atoms in total. The molecule has 3 heteroatoms. The van der Waals surface area contributed by atoms with Crippen LogP contribution in [0.1, 0.15) is 43.7 Å². The fraction of sp³-hybridized carbons (Fsp3) is 0.136. The molecule has 7 aromatic rings. The van der Waals surface area contributed by atoms with E-state index >= 15 is 0 Å². The lowest BCUT2D eigenvalue weighted by Crippen LogP contribution is -2.20. The molecule has 0 saturated heterocycles. The van der Waals surface area contributed by atoms with Crippen LogP contribution in [0.2, 0.25) is 0 Å². The van der Waals surface area contributed by atoms with E-state index in [9.17, 15) is 0 Å². The van der Waals surface area contributed by atoms with Gasteiger partial charge in [0, 0.05) is 48.0 Å². The molecular formula is C44H36N2S. The number of fused-ring (bicyclic) bond motifs is 6. The highest BCUT2D eigenvalue weighted by Crippen LogP contribution is 2.45. The van der Waals surface area contributed by atoms with E-state index in [1.54, 1.807) is 0 Å². The third kappa shape index (κ3) is 4.60. The number of para-hydroxylation sites is 2. The smallest absolute Gasteiger partial charge is 0.0542 e. The second kappa shape index (κ2) is 11.3. The first-order valence-corrected chi connectivity index (χ1v) is 17.6. The fourth-order valence-corrected chi connectivity index (χ4v) is 8.92. The molecular weight excluding hydrogens is 589 g/mol. The summed E-state index contributed by atoms with van der Waals surface area (Å²) >= 11 is 1.93. The number of aryl methyl sites for hydroxylation is 1. The van der Waals surface area contributed by atoms with Crippen LogP contribution >= 0.6 is 11.3 Å². The Kier molecular flexibility index (Phi) is 6.76. The van der Waals surface area contributed by atoms with E-state index in [0.29, 0.717) is 0 Å². The summed E-state index contributed by atoms with van der Waals surface area (Å²) in [5.74, 6) is 0. The standard InChI is InChI=1S/C44H36N2S/c1-29-13-6-7-17-34(29)44-30(2)14-12-21-41(44)45(33-23-25-37-36-19-9-11-22-42(36)47-43(37)28-33)32-24-26-40-38(27-32)35-18-8-10-20-39(35)46(40)31-15-4-3-5-16-31/h3-5,7-8,10,12,14-28H,6,9,11,13H2,1-2H3. The highest BCUT2D eigenvalue weighted by atomic mass is 32.1. The van der Waals surface area contributed by atoms with Crippen LogP contribution in [-0.4, -0.2) is 4.57 Å². The summed E-state index contributed by atoms with van der Waals surface area (Å²) in [6.45, 7) is 4.57. The molecule has 2 heterocycles. The molecule has 0 amide bonds. The minimum atomic E-state index is 1.10. The first kappa shape index (κ1) is 28.1. The van der Waals surface area contributed by atoms with Gasteiger partial charge in [-0.25, -0.2) is 0 Å². The number of nitrogens with zero attached hydrogens (tertiary/aromatic N) is 2. The molecule has 0 bridgehead atoms. The average molecular weight is 625 g/mol. The lowest BCUT2D eigenvalue weighted by atomic mass is 9.89. The first-order valence-electron chi connectivity index (χ1n) is 16.7. The van der Waals surface area contributed by atoms with Gasteiger partial charge in [0.15, 0.2) is 0 Å². The van der Waals surface area contributed by atoms with Crippen LogP contribution in [0.25, 0.3) is 55.3 Å². The van der Waals surface area contributed by atoms with Crippen LogP contribution in [0, 0.1) is 6.92 Å². The minimum absolute atomic E-state index is 1.10. The van der Waals surface area contributed by atoms with Crippen LogP contribution in [-0.2, 0) is 0 Å². The van der Waals surface area contributed by atoms with E-state index in [1.807, 2.05) is 11.3 Å². The fourth-order valence-electron chi connectivity index (χ4n) is 7.71. The van der Waals surface area contributed by atoms with Crippen molar-refractivity contribution < 1.29 is 0 Å². The van der Waals surface area contributed by atoms with Crippen LogP contribution < -0.4 is 14.7 Å². The van der Waals surface area contributed by atoms with Crippen molar-refractivity contribution in [3.63, 3.8) is 0 Å². The predicted octanol–water partition coefficient (Wildman–Crippen LogP) is 11.3. The molecule has 2 aliphatic rings. The summed E-state index contributed by atoms with van der Waals surface area (Å²) in [7, 11) is 0. The number of anilines is 3. The van der Waals surface area contributed by atoms with E-state index < -0.39 is 0 Å². The van der Waals surface area contributed by atoms with Gasteiger partial charge in [0.2, 0.25) is 0 Å². The summed E-state index contributed by atoms with van der Waals surface area (Å²) in [6.07, 6.45) is 14.0. The van der Waals surface area contributed by atoms with Crippen LogP contribution in [0.5, 0.6) is 0 Å². The SMILES string of the molecule is CC1=C(c2c(C)cccc2N(c2ccc3c4c(sc3c2)=CCCC=4)c2ccc3c(c2)c2ccccc2n3-c2ccccc2)C=CCC1. The van der Waals surface area contributed by atoms with E-state index in [0.717, 1.165) is 31.4 Å². The van der Waals surface area contributed by atoms with Crippen molar-refractivity contribution in [3.8, 4) is 5.69 Å². The van der Waals surface area contributed by atoms with Crippen molar-refractivity contribution >= 4 is 78.0 Å². The largest absolute Gasteiger partial charge is 0.310 e. The van der Waals surface area contributed by atoms with E-state index in [2.05, 4.69) is 157 Å². The zero-order valence-electron chi connectivity index (χ0n) is 26.8. The van der Waals surface area contributed by atoms with Gasteiger partial charge in [-0.1, -0.05) is 84.5 Å². The average Bonchev–Trinajstić information content (AvgIpc) is 3.65. The van der Waals surface area contributed by atoms with Crippen LogP contribution in [0.4, 0.5) is 17.1 Å². The molecule has 2 aliphatic carbocycles. The Morgan fingerprint density at radius 3 is 2.34 bits per heavy atom. The highest BCUT2D eigenvalue weighted by molar-refractivity contribution is 7.17. The van der Waals surface area contributed by atoms with Crippen molar-refractivity contribution in [2.45, 2.75) is 39.5 Å². The van der Waals surface area contributed by atoms with E-state index in [1.165, 1.54) is 81.0 Å². The van der Waals surface area contributed by atoms with Gasteiger partial charge in [0.05, 0.1) is 16.7 Å². The summed E-state index contributed by atoms with van der Waals surface area (Å²) in [4.78, 5) is 2.50. The van der Waals surface area contributed by atoms with E-state index in [4.69, 9.17) is 0 Å². The van der Waals surface area contributed by atoms with Gasteiger partial charge in [-0.3, -0.25) is 0 Å². The lowest BCUT2D eigenvalue weighted by Gasteiger charge is -2.30. The molecule has 0 fully saturated rings. The minimum Gasteiger partial charge on any atom is -0.310 e. The van der Waals surface area contributed by atoms with Gasteiger partial charge in [-0.15, -0.1) is 11.3 Å². The third-order valence-electron chi connectivity index (χ3n) is 9.96. The molecule has 0 saturated carbocycles. The zero-order valence-corrected chi connectivity index (χ0v) is 27.6. The highest BCUT2D eigenvalue weighted by Gasteiger charge is 2.23. The Morgan fingerprint density at radius 2 is 1.45 bits per heavy atom. The number of hydrogen-bond donors (Lipinski definition) is 0. The summed E-state index contributed by atoms with van der Waals surface area (Å²) in [6, 6.07) is 40.5. The van der Waals surface area contributed by atoms with Gasteiger partial charge in [0.1, 0.15) is 0 Å². The van der Waals surface area contributed by atoms with Gasteiger partial charge < -0.3 is 9.47 Å². The molecule has 47 heavy (non-hydrogen) atoms. The molecule has 228 valence electrons. The number of allylic oxidation sites excluding steroid dienone is 4. The molecule has 9 rings (SSSR count). The van der Waals surface area contributed by atoms with E-state index in [-0.39, 0.29) is 0 Å². The van der Waals surface area contributed by atoms with Crippen molar-refractivity contribution in [2.75, 3.05) is 4.90 Å². The van der Waals surface area contributed by atoms with Crippen molar-refractivity contribution in [1.82, 2.24) is 4.57 Å². The second-order valence-corrected chi connectivity index (χ2v) is 14.0. The maximum Gasteiger partial charge on any atom is 0.0542 e. The molecule has 0 aliphatic heterocycles. The Bertz CT molecular complexity index is 2540. The molecule has 2 aromatic heterocycles. The van der Waals surface area contributed by atoms with Crippen molar-refractivity contribution in [1.29, 1.82) is 0 Å². The summed E-state index contributed by atoms with van der Waals surface area (Å²) < 4.78 is 5.15. The van der Waals surface area contributed by atoms with Crippen LogP contribution in [0.3, 0.4) is 0 Å². The number of thiophene rings is 1. The van der Waals surface area contributed by atoms with Crippen molar-refractivity contribution in [2.24, 2.45) is 0 Å². The summed E-state index contributed by atoms with van der Waals surface area (Å²) in [5.41, 5.74) is 12.6. The van der Waals surface area contributed by atoms with Gasteiger partial charge in [0.25, 0.3) is 0 Å². The number of benzene rings is 5. The number of aromatic nitrogens is 1. The number of rotatable bonds is 5. The summed E-state index contributed by atoms with van der Waals surface area (Å²) in [5, 5.41) is 5.29. The monoisotopic (exact) mass is 624 g/mol. The zero-order chi connectivity index (χ0) is 31.5. The van der Waals surface area contributed by atoms with Crippen LogP contribution in [0.15, 0.2) is 127 Å². The van der Waals surface area contributed by atoms with Gasteiger partial charge in [-0.2, -0.15) is 0 Å². The maximum absolute atomic E-state index is 2.50. The van der Waals surface area contributed by atoms with Gasteiger partial charge in [-0.05, 0) is 110 Å².